The Morgan fingerprint density at radius 1 is 0.905 bits per heavy atom. The van der Waals surface area contributed by atoms with Crippen LogP contribution in [-0.4, -0.2) is 129 Å². The third-order valence-corrected chi connectivity index (χ3v) is 13.4. The maximum Gasteiger partial charge on any atom is 0.265 e. The van der Waals surface area contributed by atoms with Crippen LogP contribution in [0.2, 0.25) is 0 Å². The molecular formula is C45H60FN11O6. The molecule has 1 saturated carbocycles. The lowest BCUT2D eigenvalue weighted by Gasteiger charge is -2.43. The topological polar surface area (TPSA) is 177 Å². The van der Waals surface area contributed by atoms with Crippen molar-refractivity contribution in [1.82, 2.24) is 30.6 Å². The monoisotopic (exact) mass is 869 g/mol. The number of amides is 4. The number of nitrogens with one attached hydrogen (secondary N) is 4. The highest BCUT2D eigenvalue weighted by molar-refractivity contribution is 6.04. The molecule has 0 radical (unpaired) electrons. The summed E-state index contributed by atoms with van der Waals surface area (Å²) in [6.45, 7) is 7.47. The molecule has 3 saturated heterocycles. The Morgan fingerprint density at radius 3 is 2.33 bits per heavy atom. The number of hydrazine groups is 1. The summed E-state index contributed by atoms with van der Waals surface area (Å²) >= 11 is 0. The number of anilines is 6. The third kappa shape index (κ3) is 9.61. The van der Waals surface area contributed by atoms with Crippen LogP contribution in [0.1, 0.15) is 81.5 Å². The first-order valence-corrected chi connectivity index (χ1v) is 22.4. The van der Waals surface area contributed by atoms with E-state index in [1.165, 1.54) is 13.2 Å². The predicted molar refractivity (Wildman–Crippen MR) is 238 cm³/mol. The van der Waals surface area contributed by atoms with Crippen LogP contribution in [0, 0.1) is 11.7 Å². The van der Waals surface area contributed by atoms with E-state index >= 15 is 4.39 Å². The number of piperidine rings is 2. The molecule has 4 N–H and O–H groups in total. The molecule has 3 aromatic rings. The molecule has 2 aromatic carbocycles. The van der Waals surface area contributed by atoms with Gasteiger partial charge >= 0.3 is 0 Å². The number of piperazine rings is 1. The van der Waals surface area contributed by atoms with Crippen molar-refractivity contribution in [3.8, 4) is 11.5 Å². The molecule has 63 heavy (non-hydrogen) atoms. The number of fused-ring (bicyclic) bond motifs is 1. The molecule has 1 unspecified atom stereocenters. The van der Waals surface area contributed by atoms with Crippen molar-refractivity contribution in [2.45, 2.75) is 89.3 Å². The van der Waals surface area contributed by atoms with Gasteiger partial charge in [-0.25, -0.2) is 14.4 Å². The minimum absolute atomic E-state index is 0.0657. The number of carbonyl (C=O) groups excluding carboxylic acids is 4. The molecule has 5 heterocycles. The molecule has 0 spiro atoms. The Labute approximate surface area is 368 Å². The van der Waals surface area contributed by atoms with E-state index in [1.807, 2.05) is 16.8 Å². The fraction of sp³-hybridized carbons (Fsp3) is 0.556. The zero-order chi connectivity index (χ0) is 44.2. The molecule has 0 bridgehead atoms. The van der Waals surface area contributed by atoms with Crippen molar-refractivity contribution in [2.24, 2.45) is 5.92 Å². The largest absolute Gasteiger partial charge is 0.495 e. The van der Waals surface area contributed by atoms with Gasteiger partial charge in [-0.3, -0.25) is 34.8 Å². The van der Waals surface area contributed by atoms with Gasteiger partial charge in [-0.2, -0.15) is 4.98 Å². The van der Waals surface area contributed by atoms with Crippen molar-refractivity contribution in [3.05, 3.63) is 47.9 Å². The number of methoxy groups -OCH3 is 2. The summed E-state index contributed by atoms with van der Waals surface area (Å²) in [6, 6.07) is 7.68. The second-order valence-corrected chi connectivity index (χ2v) is 17.3. The van der Waals surface area contributed by atoms with Crippen molar-refractivity contribution in [2.75, 3.05) is 92.4 Å². The van der Waals surface area contributed by atoms with E-state index in [2.05, 4.69) is 36.2 Å². The maximum absolute atomic E-state index is 15.5. The van der Waals surface area contributed by atoms with Crippen molar-refractivity contribution < 1.29 is 33.0 Å². The van der Waals surface area contributed by atoms with Gasteiger partial charge in [0.1, 0.15) is 35.1 Å². The van der Waals surface area contributed by atoms with E-state index < -0.39 is 17.8 Å². The van der Waals surface area contributed by atoms with Gasteiger partial charge in [-0.15, -0.1) is 0 Å². The first kappa shape index (κ1) is 43.9. The standard InChI is InChI=1S/C45H60FN11O6/c1-5-35-44(61)53(2)37-27-47-45(51-41(37)57(35)30-8-6-7-9-30)49-32-11-10-29(24-38(32)62-3)42(59)52-56-18-15-28(16-19-56)14-17-54-20-22-55(23-21-54)36-26-39(63-4)34(25-31(36)46)48-33-12-13-40(58)50-43(33)60/h10-11,24-28,30,33,35,48H,5-9,12-23H2,1-4H3,(H,52,59)(H,47,49,51)(H,50,58,60)/t33?,35-/m1/s1. The summed E-state index contributed by atoms with van der Waals surface area (Å²) < 4.78 is 26.7. The molecule has 8 rings (SSSR count). The second-order valence-electron chi connectivity index (χ2n) is 17.3. The van der Waals surface area contributed by atoms with Gasteiger partial charge in [-0.1, -0.05) is 19.8 Å². The maximum atomic E-state index is 15.5. The van der Waals surface area contributed by atoms with E-state index in [-0.39, 0.29) is 36.2 Å². The molecule has 5 aliphatic rings. The summed E-state index contributed by atoms with van der Waals surface area (Å²) in [6.07, 6.45) is 10.3. The SMILES string of the molecule is CC[C@@H]1C(=O)N(C)c2cnc(Nc3ccc(C(=O)NN4CCC(CCN5CCN(c6cc(OC)c(NC7CCC(=O)NC7=O)cc6F)CC5)CC4)cc3OC)nc2N1C1CCCC1. The molecule has 338 valence electrons. The van der Waals surface area contributed by atoms with Crippen LogP contribution >= 0.6 is 0 Å². The highest BCUT2D eigenvalue weighted by atomic mass is 19.1. The molecule has 4 aliphatic heterocycles. The van der Waals surface area contributed by atoms with Gasteiger partial charge in [-0.05, 0) is 75.6 Å². The van der Waals surface area contributed by atoms with E-state index in [1.54, 1.807) is 49.5 Å². The lowest BCUT2D eigenvalue weighted by atomic mass is 9.94. The number of imide groups is 1. The van der Waals surface area contributed by atoms with Gasteiger partial charge in [0.15, 0.2) is 5.82 Å². The number of nitrogens with zero attached hydrogens (tertiary/aromatic N) is 7. The average Bonchev–Trinajstić information content (AvgIpc) is 3.83. The first-order valence-electron chi connectivity index (χ1n) is 22.4. The zero-order valence-corrected chi connectivity index (χ0v) is 36.8. The first-order chi connectivity index (χ1) is 30.5. The zero-order valence-electron chi connectivity index (χ0n) is 36.8. The molecule has 1 aromatic heterocycles. The third-order valence-electron chi connectivity index (χ3n) is 13.4. The van der Waals surface area contributed by atoms with Crippen LogP contribution in [0.25, 0.3) is 0 Å². The van der Waals surface area contributed by atoms with Crippen LogP contribution in [-0.2, 0) is 14.4 Å². The minimum atomic E-state index is -0.640. The normalized spacial score (nSPS) is 21.6. The number of benzene rings is 2. The summed E-state index contributed by atoms with van der Waals surface area (Å²) in [7, 11) is 4.87. The number of hydrogen-bond donors (Lipinski definition) is 4. The molecular weight excluding hydrogens is 810 g/mol. The van der Waals surface area contributed by atoms with Gasteiger partial charge in [0.25, 0.3) is 5.91 Å². The Bertz CT molecular complexity index is 2170. The molecule has 1 aliphatic carbocycles. The van der Waals surface area contributed by atoms with Crippen molar-refractivity contribution in [1.29, 1.82) is 0 Å². The number of ether oxygens (including phenoxy) is 2. The number of rotatable bonds is 14. The van der Waals surface area contributed by atoms with E-state index in [9.17, 15) is 19.2 Å². The van der Waals surface area contributed by atoms with Crippen molar-refractivity contribution in [3.63, 3.8) is 0 Å². The van der Waals surface area contributed by atoms with Crippen LogP contribution in [0.5, 0.6) is 11.5 Å². The highest BCUT2D eigenvalue weighted by Crippen LogP contribution is 2.41. The van der Waals surface area contributed by atoms with E-state index in [0.717, 1.165) is 83.5 Å². The van der Waals surface area contributed by atoms with Crippen LogP contribution in [0.3, 0.4) is 0 Å². The Balaban J connectivity index is 0.796. The van der Waals surface area contributed by atoms with E-state index in [0.29, 0.717) is 77.6 Å². The lowest BCUT2D eigenvalue weighted by molar-refractivity contribution is -0.133. The fourth-order valence-electron chi connectivity index (χ4n) is 9.70. The number of likely N-dealkylation sites (N-methyl/N-ethyl adjacent to an activating group) is 1. The van der Waals surface area contributed by atoms with Crippen LogP contribution in [0.15, 0.2) is 36.5 Å². The molecule has 18 heteroatoms. The number of aromatic nitrogens is 2. The Hall–Kier alpha value is -5.75. The lowest BCUT2D eigenvalue weighted by Crippen LogP contribution is -2.55. The summed E-state index contributed by atoms with van der Waals surface area (Å²) in [5.41, 5.74) is 5.73. The van der Waals surface area contributed by atoms with Crippen LogP contribution in [0.4, 0.5) is 38.9 Å². The molecule has 4 amide bonds. The van der Waals surface area contributed by atoms with Gasteiger partial charge in [0, 0.05) is 76.5 Å². The smallest absolute Gasteiger partial charge is 0.265 e. The number of hydrogen-bond acceptors (Lipinski definition) is 14. The summed E-state index contributed by atoms with van der Waals surface area (Å²) in [5, 5.41) is 10.7. The minimum Gasteiger partial charge on any atom is -0.495 e. The van der Waals surface area contributed by atoms with Gasteiger partial charge in [0.2, 0.25) is 23.7 Å². The Morgan fingerprint density at radius 2 is 1.63 bits per heavy atom. The predicted octanol–water partition coefficient (Wildman–Crippen LogP) is 4.67. The Kier molecular flexibility index (Phi) is 13.5. The molecule has 17 nitrogen and oxygen atoms in total. The van der Waals surface area contributed by atoms with Gasteiger partial charge in [0.05, 0.1) is 37.5 Å². The summed E-state index contributed by atoms with van der Waals surface area (Å²) in [4.78, 5) is 68.4. The highest BCUT2D eigenvalue weighted by Gasteiger charge is 2.41. The van der Waals surface area contributed by atoms with Gasteiger partial charge < -0.3 is 34.8 Å². The number of halogens is 1. The summed E-state index contributed by atoms with van der Waals surface area (Å²) in [5.74, 6) is 1.33. The molecule has 2 atom stereocenters. The van der Waals surface area contributed by atoms with E-state index in [4.69, 9.17) is 14.5 Å². The molecule has 4 fully saturated rings. The average molecular weight is 870 g/mol. The number of carbonyl (C=O) groups is 4. The quantitative estimate of drug-likeness (QED) is 0.165. The fourth-order valence-corrected chi connectivity index (χ4v) is 9.70. The second kappa shape index (κ2) is 19.3. The van der Waals surface area contributed by atoms with Crippen LogP contribution < -0.4 is 45.5 Å². The van der Waals surface area contributed by atoms with Crippen molar-refractivity contribution >= 4 is 58.1 Å².